The zero-order chi connectivity index (χ0) is 19.0. The lowest BCUT2D eigenvalue weighted by atomic mass is 10.0. The van der Waals surface area contributed by atoms with E-state index in [9.17, 15) is 13.2 Å². The van der Waals surface area contributed by atoms with E-state index in [2.05, 4.69) is 9.97 Å². The second kappa shape index (κ2) is 6.74. The number of benzene rings is 1. The van der Waals surface area contributed by atoms with Gasteiger partial charge >= 0.3 is 0 Å². The molecular weight excluding hydrogens is 362 g/mol. The number of fused-ring (bicyclic) bond motifs is 1. The molecule has 6 nitrogen and oxygen atoms in total. The molecule has 1 aromatic carbocycles. The van der Waals surface area contributed by atoms with Gasteiger partial charge in [-0.15, -0.1) is 0 Å². The maximum atomic E-state index is 13.2. The molecule has 27 heavy (non-hydrogen) atoms. The summed E-state index contributed by atoms with van der Waals surface area (Å²) in [7, 11) is -1.39. The molecule has 0 saturated carbocycles. The van der Waals surface area contributed by atoms with Crippen LogP contribution in [0.5, 0.6) is 0 Å². The minimum Gasteiger partial charge on any atom is -0.338 e. The van der Waals surface area contributed by atoms with Crippen molar-refractivity contribution < 1.29 is 13.2 Å². The van der Waals surface area contributed by atoms with Crippen molar-refractivity contribution in [3.63, 3.8) is 0 Å². The van der Waals surface area contributed by atoms with Crippen LogP contribution in [0, 0.1) is 0 Å². The highest BCUT2D eigenvalue weighted by atomic mass is 32.2. The third kappa shape index (κ3) is 3.42. The predicted molar refractivity (Wildman–Crippen MR) is 104 cm³/mol. The third-order valence-electron chi connectivity index (χ3n) is 4.98. The van der Waals surface area contributed by atoms with E-state index in [1.54, 1.807) is 30.4 Å². The van der Waals surface area contributed by atoms with E-state index in [0.29, 0.717) is 17.7 Å². The third-order valence-corrected chi connectivity index (χ3v) is 6.73. The van der Waals surface area contributed by atoms with E-state index in [-0.39, 0.29) is 23.5 Å². The van der Waals surface area contributed by atoms with Gasteiger partial charge in [-0.3, -0.25) is 9.78 Å². The first-order valence-corrected chi connectivity index (χ1v) is 10.5. The molecule has 1 saturated heterocycles. The molecule has 3 aromatic rings. The standard InChI is InChI=1S/C20H19N3O3S/c1-23(15-8-10-27(25,26)13-15)20(24)17-11-19(14-5-4-9-21-12-14)22-18-7-3-2-6-16(17)18/h2-7,9,11-12,15H,8,10,13H2,1H3/t15-/m1/s1. The van der Waals surface area contributed by atoms with Gasteiger partial charge < -0.3 is 4.90 Å². The number of hydrogen-bond donors (Lipinski definition) is 0. The fourth-order valence-corrected chi connectivity index (χ4v) is 5.23. The Morgan fingerprint density at radius 1 is 1.19 bits per heavy atom. The lowest BCUT2D eigenvalue weighted by molar-refractivity contribution is 0.0749. The maximum Gasteiger partial charge on any atom is 0.254 e. The van der Waals surface area contributed by atoms with Gasteiger partial charge in [0.2, 0.25) is 0 Å². The molecule has 138 valence electrons. The average Bonchev–Trinajstić information content (AvgIpc) is 3.06. The maximum absolute atomic E-state index is 13.2. The quantitative estimate of drug-likeness (QED) is 0.697. The number of nitrogens with zero attached hydrogens (tertiary/aromatic N) is 3. The molecule has 1 aliphatic rings. The van der Waals surface area contributed by atoms with Crippen LogP contribution in [0.1, 0.15) is 16.8 Å². The SMILES string of the molecule is CN(C(=O)c1cc(-c2cccnc2)nc2ccccc12)[C@@H]1CCS(=O)(=O)C1. The van der Waals surface area contributed by atoms with Crippen LogP contribution in [-0.4, -0.2) is 53.8 Å². The summed E-state index contributed by atoms with van der Waals surface area (Å²) < 4.78 is 23.6. The molecule has 3 heterocycles. The zero-order valence-corrected chi connectivity index (χ0v) is 15.7. The van der Waals surface area contributed by atoms with Gasteiger partial charge in [-0.25, -0.2) is 13.4 Å². The van der Waals surface area contributed by atoms with E-state index >= 15 is 0 Å². The van der Waals surface area contributed by atoms with E-state index in [1.807, 2.05) is 36.4 Å². The summed E-state index contributed by atoms with van der Waals surface area (Å²) in [5.41, 5.74) is 2.72. The number of pyridine rings is 2. The number of carbonyl (C=O) groups excluding carboxylic acids is 1. The fraction of sp³-hybridized carbons (Fsp3) is 0.250. The Labute approximate surface area is 157 Å². The molecule has 1 atom stereocenters. The second-order valence-corrected chi connectivity index (χ2v) is 9.02. The number of para-hydroxylation sites is 1. The van der Waals surface area contributed by atoms with E-state index in [1.165, 1.54) is 0 Å². The Kier molecular flexibility index (Phi) is 4.39. The summed E-state index contributed by atoms with van der Waals surface area (Å²) in [6.07, 6.45) is 3.87. The molecule has 0 N–H and O–H groups in total. The van der Waals surface area contributed by atoms with E-state index < -0.39 is 9.84 Å². The van der Waals surface area contributed by atoms with Gasteiger partial charge in [-0.2, -0.15) is 0 Å². The lowest BCUT2D eigenvalue weighted by Gasteiger charge is -2.24. The van der Waals surface area contributed by atoms with Crippen LogP contribution >= 0.6 is 0 Å². The van der Waals surface area contributed by atoms with Crippen molar-refractivity contribution in [3.05, 3.63) is 60.4 Å². The van der Waals surface area contributed by atoms with E-state index in [0.717, 1.165) is 16.5 Å². The van der Waals surface area contributed by atoms with Crippen LogP contribution in [0.4, 0.5) is 0 Å². The van der Waals surface area contributed by atoms with Crippen LogP contribution in [0.2, 0.25) is 0 Å². The van der Waals surface area contributed by atoms with Crippen molar-refractivity contribution in [2.24, 2.45) is 0 Å². The Morgan fingerprint density at radius 2 is 2.00 bits per heavy atom. The summed E-state index contributed by atoms with van der Waals surface area (Å²) in [6, 6.07) is 12.7. The Balaban J connectivity index is 1.79. The van der Waals surface area contributed by atoms with Crippen LogP contribution in [0.15, 0.2) is 54.9 Å². The summed E-state index contributed by atoms with van der Waals surface area (Å²) in [6.45, 7) is 0. The molecule has 0 unspecified atom stereocenters. The molecule has 1 aliphatic heterocycles. The topological polar surface area (TPSA) is 80.2 Å². The van der Waals surface area contributed by atoms with Gasteiger partial charge in [-0.1, -0.05) is 18.2 Å². The summed E-state index contributed by atoms with van der Waals surface area (Å²) in [5.74, 6) is -0.0399. The molecule has 2 aromatic heterocycles. The van der Waals surface area contributed by atoms with Crippen molar-refractivity contribution in [2.75, 3.05) is 18.6 Å². The smallest absolute Gasteiger partial charge is 0.254 e. The van der Waals surface area contributed by atoms with Crippen molar-refractivity contribution in [3.8, 4) is 11.3 Å². The molecule has 7 heteroatoms. The molecular formula is C20H19N3O3S. The fourth-order valence-electron chi connectivity index (χ4n) is 3.45. The number of amides is 1. The minimum absolute atomic E-state index is 0.0215. The van der Waals surface area contributed by atoms with Crippen LogP contribution in [-0.2, 0) is 9.84 Å². The molecule has 0 radical (unpaired) electrons. The predicted octanol–water partition coefficient (Wildman–Crippen LogP) is 2.56. The highest BCUT2D eigenvalue weighted by Crippen LogP contribution is 2.27. The molecule has 1 fully saturated rings. The Hall–Kier alpha value is -2.80. The first kappa shape index (κ1) is 17.6. The van der Waals surface area contributed by atoms with Gasteiger partial charge in [0.1, 0.15) is 0 Å². The van der Waals surface area contributed by atoms with Gasteiger partial charge in [-0.05, 0) is 30.7 Å². The highest BCUT2D eigenvalue weighted by Gasteiger charge is 2.33. The normalized spacial score (nSPS) is 18.5. The van der Waals surface area contributed by atoms with Gasteiger partial charge in [0.05, 0.1) is 28.3 Å². The number of sulfone groups is 1. The number of carbonyl (C=O) groups is 1. The molecule has 0 spiro atoms. The largest absolute Gasteiger partial charge is 0.338 e. The number of aromatic nitrogens is 2. The van der Waals surface area contributed by atoms with Gasteiger partial charge in [0, 0.05) is 36.4 Å². The van der Waals surface area contributed by atoms with Crippen molar-refractivity contribution in [1.29, 1.82) is 0 Å². The van der Waals surface area contributed by atoms with Crippen LogP contribution in [0.25, 0.3) is 22.2 Å². The molecule has 1 amide bonds. The zero-order valence-electron chi connectivity index (χ0n) is 14.9. The monoisotopic (exact) mass is 381 g/mol. The minimum atomic E-state index is -3.06. The van der Waals surface area contributed by atoms with Crippen molar-refractivity contribution in [2.45, 2.75) is 12.5 Å². The molecule has 0 bridgehead atoms. The van der Waals surface area contributed by atoms with Crippen LogP contribution in [0.3, 0.4) is 0 Å². The number of hydrogen-bond acceptors (Lipinski definition) is 5. The van der Waals surface area contributed by atoms with Crippen molar-refractivity contribution >= 4 is 26.6 Å². The average molecular weight is 381 g/mol. The van der Waals surface area contributed by atoms with Gasteiger partial charge in [0.15, 0.2) is 9.84 Å². The van der Waals surface area contributed by atoms with Crippen molar-refractivity contribution in [1.82, 2.24) is 14.9 Å². The first-order valence-electron chi connectivity index (χ1n) is 8.72. The summed E-state index contributed by atoms with van der Waals surface area (Å²) >= 11 is 0. The highest BCUT2D eigenvalue weighted by molar-refractivity contribution is 7.91. The summed E-state index contributed by atoms with van der Waals surface area (Å²) in [5, 5.41) is 0.753. The van der Waals surface area contributed by atoms with Crippen LogP contribution < -0.4 is 0 Å². The lowest BCUT2D eigenvalue weighted by Crippen LogP contribution is -2.38. The second-order valence-electron chi connectivity index (χ2n) is 6.79. The molecule has 4 rings (SSSR count). The summed E-state index contributed by atoms with van der Waals surface area (Å²) in [4.78, 5) is 23.6. The first-order chi connectivity index (χ1) is 12.9. The Bertz CT molecular complexity index is 1110. The number of rotatable bonds is 3. The van der Waals surface area contributed by atoms with E-state index in [4.69, 9.17) is 0 Å². The Morgan fingerprint density at radius 3 is 2.70 bits per heavy atom. The van der Waals surface area contributed by atoms with Gasteiger partial charge in [0.25, 0.3) is 5.91 Å². The molecule has 0 aliphatic carbocycles.